The summed E-state index contributed by atoms with van der Waals surface area (Å²) in [5.41, 5.74) is 7.37. The summed E-state index contributed by atoms with van der Waals surface area (Å²) in [7, 11) is 0. The molecule has 0 aromatic heterocycles. The van der Waals surface area contributed by atoms with Gasteiger partial charge >= 0.3 is 0 Å². The molecule has 0 saturated heterocycles. The number of rotatable bonds is 8. The van der Waals surface area contributed by atoms with Crippen molar-refractivity contribution in [3.8, 4) is 0 Å². The van der Waals surface area contributed by atoms with Crippen LogP contribution in [0.1, 0.15) is 62.8 Å². The molecule has 0 aliphatic carbocycles. The van der Waals surface area contributed by atoms with Gasteiger partial charge in [-0.15, -0.1) is 0 Å². The third-order valence-electron chi connectivity index (χ3n) is 4.99. The molecule has 2 aromatic rings. The van der Waals surface area contributed by atoms with Crippen LogP contribution < -0.4 is 0 Å². The normalized spacial score (nSPS) is 12.3. The van der Waals surface area contributed by atoms with Gasteiger partial charge in [0.15, 0.2) is 0 Å². The summed E-state index contributed by atoms with van der Waals surface area (Å²) in [5, 5.41) is 0. The second-order valence-electron chi connectivity index (χ2n) is 6.90. The Bertz CT molecular complexity index is 861. The van der Waals surface area contributed by atoms with Gasteiger partial charge in [-0.2, -0.15) is 0 Å². The van der Waals surface area contributed by atoms with E-state index in [4.69, 9.17) is 0 Å². The second kappa shape index (κ2) is 9.75. The van der Waals surface area contributed by atoms with Crippen LogP contribution in [0.25, 0.3) is 4.91 Å². The first-order valence-corrected chi connectivity index (χ1v) is 10.5. The minimum absolute atomic E-state index is 0.356. The zero-order valence-electron chi connectivity index (χ0n) is 17.3. The zero-order valence-corrected chi connectivity index (χ0v) is 18.1. The summed E-state index contributed by atoms with van der Waals surface area (Å²) in [6, 6.07) is 13.2. The van der Waals surface area contributed by atoms with Crippen molar-refractivity contribution in [3.05, 3.63) is 77.4 Å². The van der Waals surface area contributed by atoms with E-state index < -0.39 is 0 Å². The Morgan fingerprint density at radius 1 is 1.11 bits per heavy atom. The monoisotopic (exact) mass is 377 g/mol. The van der Waals surface area contributed by atoms with Gasteiger partial charge in [-0.1, -0.05) is 63.4 Å². The molecule has 142 valence electrons. The molecule has 0 amide bonds. The van der Waals surface area contributed by atoms with E-state index in [0.29, 0.717) is 5.92 Å². The average molecular weight is 378 g/mol. The molecule has 0 spiro atoms. The van der Waals surface area contributed by atoms with E-state index in [2.05, 4.69) is 82.2 Å². The van der Waals surface area contributed by atoms with Crippen LogP contribution in [0.2, 0.25) is 0 Å². The lowest BCUT2D eigenvalue weighted by Gasteiger charge is -2.16. The van der Waals surface area contributed by atoms with Crippen molar-refractivity contribution in [2.24, 2.45) is 4.99 Å². The fourth-order valence-electron chi connectivity index (χ4n) is 3.13. The fraction of sp³-hybridized carbons (Fsp3) is 0.320. The molecule has 1 nitrogen and oxygen atoms in total. The van der Waals surface area contributed by atoms with Crippen LogP contribution in [-0.2, 0) is 12.8 Å². The van der Waals surface area contributed by atoms with Gasteiger partial charge in [0.1, 0.15) is 0 Å². The molecule has 2 rings (SSSR count). The summed E-state index contributed by atoms with van der Waals surface area (Å²) in [4.78, 5) is 6.85. The maximum absolute atomic E-state index is 4.61. The summed E-state index contributed by atoms with van der Waals surface area (Å²) in [6.07, 6.45) is 3.91. The van der Waals surface area contributed by atoms with Crippen molar-refractivity contribution in [3.63, 3.8) is 0 Å². The molecule has 2 aromatic carbocycles. The molecule has 0 saturated carbocycles. The van der Waals surface area contributed by atoms with Gasteiger partial charge in [-0.05, 0) is 67.6 Å². The van der Waals surface area contributed by atoms with Crippen LogP contribution in [0.5, 0.6) is 0 Å². The zero-order chi connectivity index (χ0) is 20.0. The van der Waals surface area contributed by atoms with Crippen LogP contribution in [0.3, 0.4) is 0 Å². The summed E-state index contributed by atoms with van der Waals surface area (Å²) in [5.74, 6) is 0.356. The number of benzene rings is 2. The summed E-state index contributed by atoms with van der Waals surface area (Å²) >= 11 is 1.71. The predicted octanol–water partition coefficient (Wildman–Crippen LogP) is 7.98. The van der Waals surface area contributed by atoms with Crippen LogP contribution >= 0.6 is 11.8 Å². The van der Waals surface area contributed by atoms with Gasteiger partial charge in [0.05, 0.1) is 5.69 Å². The smallest absolute Gasteiger partial charge is 0.0712 e. The van der Waals surface area contributed by atoms with Crippen molar-refractivity contribution in [1.82, 2.24) is 0 Å². The lowest BCUT2D eigenvalue weighted by molar-refractivity contribution is 0.894. The number of allylic oxidation sites excluding steroid dienone is 1. The van der Waals surface area contributed by atoms with Gasteiger partial charge < -0.3 is 0 Å². The number of aliphatic imine (C=N–C) groups is 1. The van der Waals surface area contributed by atoms with Crippen molar-refractivity contribution in [2.45, 2.75) is 58.3 Å². The third kappa shape index (κ3) is 5.23. The van der Waals surface area contributed by atoms with E-state index in [-0.39, 0.29) is 0 Å². The lowest BCUT2D eigenvalue weighted by atomic mass is 9.95. The largest absolute Gasteiger partial charge is 0.261 e. The van der Waals surface area contributed by atoms with E-state index in [0.717, 1.165) is 29.0 Å². The third-order valence-corrected chi connectivity index (χ3v) is 5.94. The van der Waals surface area contributed by atoms with Gasteiger partial charge in [0, 0.05) is 27.5 Å². The van der Waals surface area contributed by atoms with Crippen LogP contribution in [-0.4, -0.2) is 6.21 Å². The number of hydrogen-bond acceptors (Lipinski definition) is 2. The molecular formula is C25H31NS. The molecule has 2 heteroatoms. The molecule has 0 N–H and O–H groups in total. The maximum Gasteiger partial charge on any atom is 0.0712 e. The quantitative estimate of drug-likeness (QED) is 0.258. The maximum atomic E-state index is 4.61. The molecule has 0 aliphatic rings. The van der Waals surface area contributed by atoms with Crippen LogP contribution in [0.4, 0.5) is 5.69 Å². The first-order chi connectivity index (χ1) is 12.9. The molecule has 0 radical (unpaired) electrons. The minimum Gasteiger partial charge on any atom is -0.261 e. The van der Waals surface area contributed by atoms with Crippen molar-refractivity contribution in [1.29, 1.82) is 0 Å². The molecule has 0 fully saturated rings. The Morgan fingerprint density at radius 2 is 1.78 bits per heavy atom. The molecule has 27 heavy (non-hydrogen) atoms. The Morgan fingerprint density at radius 3 is 2.37 bits per heavy atom. The molecule has 0 heterocycles. The standard InChI is InChI=1S/C25H31NS/c1-8-20-15-24(25(26-10-3)16-21(20)9-2)19(7)27-23-13-11-12-22(14-23)18(6)17(4)5/h10-16,18H,4,7-9H2,1-3,5-6H3. The topological polar surface area (TPSA) is 12.4 Å². The fourth-order valence-corrected chi connectivity index (χ4v) is 4.03. The van der Waals surface area contributed by atoms with E-state index in [1.165, 1.54) is 27.2 Å². The molecule has 0 aliphatic heterocycles. The van der Waals surface area contributed by atoms with Crippen molar-refractivity contribution in [2.75, 3.05) is 0 Å². The number of nitrogens with zero attached hydrogens (tertiary/aromatic N) is 1. The van der Waals surface area contributed by atoms with Crippen LogP contribution in [0.15, 0.2) is 65.0 Å². The highest BCUT2D eigenvalue weighted by molar-refractivity contribution is 8.08. The average Bonchev–Trinajstić information content (AvgIpc) is 2.67. The number of hydrogen-bond donors (Lipinski definition) is 0. The number of aryl methyl sites for hydroxylation is 2. The van der Waals surface area contributed by atoms with E-state index >= 15 is 0 Å². The first-order valence-electron chi connectivity index (χ1n) is 9.68. The Kier molecular flexibility index (Phi) is 7.67. The van der Waals surface area contributed by atoms with Gasteiger partial charge in [0.25, 0.3) is 0 Å². The molecule has 1 unspecified atom stereocenters. The SMILES string of the molecule is C=C(Sc1cccc(C(C)C(=C)C)c1)c1cc(CC)c(CC)cc1N=CC. The van der Waals surface area contributed by atoms with Gasteiger partial charge in [0.2, 0.25) is 0 Å². The highest BCUT2D eigenvalue weighted by Gasteiger charge is 2.13. The van der Waals surface area contributed by atoms with Gasteiger partial charge in [-0.25, -0.2) is 0 Å². The van der Waals surface area contributed by atoms with E-state index in [1.54, 1.807) is 11.8 Å². The Hall–Kier alpha value is -2.06. The van der Waals surface area contributed by atoms with Crippen molar-refractivity contribution >= 4 is 28.6 Å². The Labute approximate surface area is 169 Å². The Balaban J connectivity index is 2.38. The highest BCUT2D eigenvalue weighted by atomic mass is 32.2. The second-order valence-corrected chi connectivity index (χ2v) is 8.07. The highest BCUT2D eigenvalue weighted by Crippen LogP contribution is 2.40. The molecule has 1 atom stereocenters. The molecular weight excluding hydrogens is 346 g/mol. The predicted molar refractivity (Wildman–Crippen MR) is 124 cm³/mol. The summed E-state index contributed by atoms with van der Waals surface area (Å²) in [6.45, 7) is 19.1. The van der Waals surface area contributed by atoms with Crippen LogP contribution in [0, 0.1) is 0 Å². The summed E-state index contributed by atoms with van der Waals surface area (Å²) < 4.78 is 0. The van der Waals surface area contributed by atoms with Gasteiger partial charge in [-0.3, -0.25) is 4.99 Å². The minimum atomic E-state index is 0.356. The van der Waals surface area contributed by atoms with E-state index in [1.807, 2.05) is 13.1 Å². The first kappa shape index (κ1) is 21.2. The molecule has 0 bridgehead atoms. The van der Waals surface area contributed by atoms with Crippen molar-refractivity contribution < 1.29 is 0 Å². The lowest BCUT2D eigenvalue weighted by Crippen LogP contribution is -1.95. The number of thioether (sulfide) groups is 1. The van der Waals surface area contributed by atoms with E-state index in [9.17, 15) is 0 Å².